The second-order valence-electron chi connectivity index (χ2n) is 17.6. The minimum atomic E-state index is -0.280. The van der Waals surface area contributed by atoms with E-state index in [2.05, 4.69) is 158 Å². The van der Waals surface area contributed by atoms with Gasteiger partial charge in [-0.2, -0.15) is 0 Å². The average Bonchev–Trinajstić information content (AvgIpc) is 3.78. The first-order chi connectivity index (χ1) is 24.6. The van der Waals surface area contributed by atoms with Crippen LogP contribution in [-0.2, 0) is 47.8 Å². The summed E-state index contributed by atoms with van der Waals surface area (Å²) in [5, 5.41) is 12.1. The molecule has 0 amide bonds. The van der Waals surface area contributed by atoms with Gasteiger partial charge in [0.2, 0.25) is 0 Å². The van der Waals surface area contributed by atoms with Gasteiger partial charge in [0.05, 0.1) is 16.6 Å². The fraction of sp³-hybridized carbons (Fsp3) is 0.319. The summed E-state index contributed by atoms with van der Waals surface area (Å²) in [6, 6.07) is 37.7. The molecule has 0 spiro atoms. The van der Waals surface area contributed by atoms with Crippen molar-refractivity contribution in [1.29, 1.82) is 0 Å². The Bertz CT molecular complexity index is 2380. The van der Waals surface area contributed by atoms with Gasteiger partial charge in [0.15, 0.2) is 0 Å². The number of rotatable bonds is 4. The maximum Gasteiger partial charge on any atom is 0.148 e. The van der Waals surface area contributed by atoms with Gasteiger partial charge in [0.25, 0.3) is 0 Å². The maximum atomic E-state index is 12.1. The molecule has 1 aliphatic heterocycles. The second kappa shape index (κ2) is 13.1. The third-order valence-electron chi connectivity index (χ3n) is 10.7. The summed E-state index contributed by atoms with van der Waals surface area (Å²) in [5.41, 5.74) is 11.7. The molecule has 1 N–H and O–H groups in total. The fourth-order valence-electron chi connectivity index (χ4n) is 7.66. The van der Waals surface area contributed by atoms with E-state index < -0.39 is 0 Å². The summed E-state index contributed by atoms with van der Waals surface area (Å²) in [7, 11) is 0. The second-order valence-corrected chi connectivity index (χ2v) is 17.6. The molecule has 0 saturated heterocycles. The number of phenols is 1. The van der Waals surface area contributed by atoms with Crippen LogP contribution in [0.2, 0.25) is 0 Å². The van der Waals surface area contributed by atoms with Crippen LogP contribution in [0.25, 0.3) is 39.2 Å². The normalized spacial score (nSPS) is 16.9. The molecule has 2 heterocycles. The zero-order valence-corrected chi connectivity index (χ0v) is 33.7. The van der Waals surface area contributed by atoms with E-state index in [1.807, 2.05) is 12.1 Å². The van der Waals surface area contributed by atoms with Crippen LogP contribution >= 0.6 is 0 Å². The zero-order chi connectivity index (χ0) is 36.7. The molecule has 6 heteroatoms. The number of imidazole rings is 1. The number of hydrogen-bond donors (Lipinski definition) is 1. The van der Waals surface area contributed by atoms with Crippen molar-refractivity contribution in [3.05, 3.63) is 137 Å². The van der Waals surface area contributed by atoms with Gasteiger partial charge in [0, 0.05) is 38.1 Å². The molecule has 0 fully saturated rings. The van der Waals surface area contributed by atoms with E-state index in [1.54, 1.807) is 0 Å². The van der Waals surface area contributed by atoms with Crippen LogP contribution in [0.15, 0.2) is 102 Å². The number of hydrogen-bond acceptors (Lipinski definition) is 4. The Morgan fingerprint density at radius 2 is 1.40 bits per heavy atom. The van der Waals surface area contributed by atoms with Crippen molar-refractivity contribution < 1.29 is 30.3 Å². The number of para-hydroxylation sites is 1. The monoisotopic (exact) mass is 792 g/mol. The van der Waals surface area contributed by atoms with Crippen molar-refractivity contribution >= 4 is 16.9 Å². The average molecular weight is 793 g/mol. The summed E-state index contributed by atoms with van der Waals surface area (Å²) >= 11 is 0. The first-order valence-electron chi connectivity index (χ1n) is 18.4. The van der Waals surface area contributed by atoms with Gasteiger partial charge in [-0.15, -0.1) is 29.8 Å². The number of ether oxygens (including phenoxy) is 1. The predicted molar refractivity (Wildman–Crippen MR) is 213 cm³/mol. The standard InChI is InChI=1S/C47H48N3O2.Pd/c1-45(2,3)31-20-22-33(23-21-31)50-38-19-13-18-34(40(38)48-43(50)36-26-32(46(4,5)6)27-37(42(36)51)47(7,8)9)28-15-12-16-30(24-28)44-49-41-35-17-11-10-14-29(35)25-39(41)52-44;/h10-23,26-27,39,41,51H,25H2,1-9H3;/q-1;/t39-,41+;/m1./s1. The van der Waals surface area contributed by atoms with Crippen LogP contribution in [0.4, 0.5) is 0 Å². The van der Waals surface area contributed by atoms with Gasteiger partial charge in [-0.25, -0.2) is 4.98 Å². The number of aromatic nitrogens is 2. The van der Waals surface area contributed by atoms with Gasteiger partial charge in [-0.05, 0) is 62.8 Å². The van der Waals surface area contributed by atoms with E-state index in [0.717, 1.165) is 56.5 Å². The van der Waals surface area contributed by atoms with Crippen LogP contribution in [-0.4, -0.2) is 26.7 Å². The number of benzene rings is 5. The van der Waals surface area contributed by atoms with Crippen molar-refractivity contribution in [1.82, 2.24) is 9.55 Å². The molecule has 1 aromatic heterocycles. The Kier molecular flexibility index (Phi) is 9.12. The van der Waals surface area contributed by atoms with Crippen LogP contribution in [0.1, 0.15) is 102 Å². The van der Waals surface area contributed by atoms with Crippen LogP contribution < -0.4 is 0 Å². The smallest absolute Gasteiger partial charge is 0.148 e. The van der Waals surface area contributed by atoms with E-state index in [-0.39, 0.29) is 54.6 Å². The van der Waals surface area contributed by atoms with Gasteiger partial charge < -0.3 is 9.84 Å². The minimum absolute atomic E-state index is 0. The molecule has 8 rings (SSSR count). The Morgan fingerprint density at radius 1 is 0.717 bits per heavy atom. The number of fused-ring (bicyclic) bond motifs is 4. The SMILES string of the molecule is CC(C)(C)c1ccc(-n2c(-c3cc(C(C)(C)C)cc(C(C)(C)C)c3O)nc3c(-c4[c-]c(C5=N[C@H]6c7ccccc7C[C@H]6O5)ccc4)cccc32)cc1.[Pd]. The van der Waals surface area contributed by atoms with Crippen molar-refractivity contribution in [3.63, 3.8) is 0 Å². The van der Waals surface area contributed by atoms with Crippen LogP contribution in [0.5, 0.6) is 5.75 Å². The fourth-order valence-corrected chi connectivity index (χ4v) is 7.66. The van der Waals surface area contributed by atoms with Crippen molar-refractivity contribution in [2.75, 3.05) is 0 Å². The molecule has 6 aromatic rings. The Hall–Kier alpha value is -4.50. The first kappa shape index (κ1) is 36.8. The van der Waals surface area contributed by atoms with E-state index in [4.69, 9.17) is 14.7 Å². The van der Waals surface area contributed by atoms with E-state index >= 15 is 0 Å². The first-order valence-corrected chi connectivity index (χ1v) is 18.4. The molecule has 1 aliphatic carbocycles. The Labute approximate surface area is 327 Å². The van der Waals surface area contributed by atoms with E-state index in [9.17, 15) is 5.11 Å². The largest absolute Gasteiger partial charge is 0.507 e. The predicted octanol–water partition coefficient (Wildman–Crippen LogP) is 11.2. The molecule has 2 aliphatic rings. The van der Waals surface area contributed by atoms with Gasteiger partial charge >= 0.3 is 0 Å². The van der Waals surface area contributed by atoms with Gasteiger partial charge in [-0.3, -0.25) is 9.56 Å². The van der Waals surface area contributed by atoms with Crippen molar-refractivity contribution in [2.45, 2.75) is 97.1 Å². The summed E-state index contributed by atoms with van der Waals surface area (Å²) in [4.78, 5) is 10.5. The van der Waals surface area contributed by atoms with Crippen molar-refractivity contribution in [3.8, 4) is 34.0 Å². The summed E-state index contributed by atoms with van der Waals surface area (Å²) in [6.45, 7) is 19.8. The van der Waals surface area contributed by atoms with Crippen LogP contribution in [0, 0.1) is 6.07 Å². The van der Waals surface area contributed by atoms with E-state index in [0.29, 0.717) is 11.7 Å². The molecule has 0 unspecified atom stereocenters. The van der Waals surface area contributed by atoms with Gasteiger partial charge in [-0.1, -0.05) is 128 Å². The molecule has 0 saturated carbocycles. The summed E-state index contributed by atoms with van der Waals surface area (Å²) in [6.07, 6.45) is 0.884. The molecular weight excluding hydrogens is 745 g/mol. The molecule has 53 heavy (non-hydrogen) atoms. The van der Waals surface area contributed by atoms with Crippen molar-refractivity contribution in [2.24, 2.45) is 4.99 Å². The number of aromatic hydroxyl groups is 1. The maximum absolute atomic E-state index is 12.1. The summed E-state index contributed by atoms with van der Waals surface area (Å²) in [5.74, 6) is 1.61. The third kappa shape index (κ3) is 6.55. The van der Waals surface area contributed by atoms with Gasteiger partial charge in [0.1, 0.15) is 29.6 Å². The third-order valence-corrected chi connectivity index (χ3v) is 10.7. The topological polar surface area (TPSA) is 59.6 Å². The molecule has 0 bridgehead atoms. The molecule has 5 nitrogen and oxygen atoms in total. The number of nitrogens with zero attached hydrogens (tertiary/aromatic N) is 3. The number of aliphatic imine (C=N–C) groups is 1. The zero-order valence-electron chi connectivity index (χ0n) is 32.1. The Balaban J connectivity index is 0.00000435. The molecule has 2 atom stereocenters. The van der Waals surface area contributed by atoms with Crippen LogP contribution in [0.3, 0.4) is 0 Å². The number of phenolic OH excluding ortho intramolecular Hbond substituents is 1. The molecule has 0 radical (unpaired) electrons. The molecule has 274 valence electrons. The summed E-state index contributed by atoms with van der Waals surface area (Å²) < 4.78 is 8.67. The molecule has 5 aromatic carbocycles. The quantitative estimate of drug-likeness (QED) is 0.143. The van der Waals surface area contributed by atoms with E-state index in [1.165, 1.54) is 16.7 Å². The minimum Gasteiger partial charge on any atom is -0.507 e. The molecular formula is C47H48N3O2Pd-. The Morgan fingerprint density at radius 3 is 2.09 bits per heavy atom.